The van der Waals surface area contributed by atoms with Gasteiger partial charge in [0, 0.05) is 20.0 Å². The lowest BCUT2D eigenvalue weighted by atomic mass is 10.1. The third kappa shape index (κ3) is 7.11. The first-order chi connectivity index (χ1) is 6.04. The van der Waals surface area contributed by atoms with Crippen LogP contribution in [0.2, 0.25) is 0 Å². The molecule has 0 saturated carbocycles. The van der Waals surface area contributed by atoms with Gasteiger partial charge in [-0.2, -0.15) is 0 Å². The molecule has 0 aliphatic carbocycles. The van der Waals surface area contributed by atoms with Crippen molar-refractivity contribution in [2.24, 2.45) is 0 Å². The number of aliphatic carboxylic acids is 1. The molecule has 0 bridgehead atoms. The van der Waals surface area contributed by atoms with Crippen LogP contribution in [0.5, 0.6) is 0 Å². The lowest BCUT2D eigenvalue weighted by Crippen LogP contribution is -2.34. The van der Waals surface area contributed by atoms with E-state index in [-0.39, 0.29) is 0 Å². The summed E-state index contributed by atoms with van der Waals surface area (Å²) in [5, 5.41) is 15.9. The van der Waals surface area contributed by atoms with Gasteiger partial charge < -0.3 is 15.1 Å². The minimum absolute atomic E-state index is 0.731. The molecule has 0 aromatic rings. The number of nitrogens with zero attached hydrogens (tertiary/aromatic N) is 1. The van der Waals surface area contributed by atoms with E-state index in [0.29, 0.717) is 0 Å². The average Bonchev–Trinajstić information content (AvgIpc) is 2.05. The molecule has 1 aliphatic rings. The highest BCUT2D eigenvalue weighted by Gasteiger charge is 2.13. The van der Waals surface area contributed by atoms with Gasteiger partial charge in [-0.05, 0) is 19.3 Å². The summed E-state index contributed by atoms with van der Waals surface area (Å²) in [6, 6.07) is 0. The van der Waals surface area contributed by atoms with Gasteiger partial charge in [0.1, 0.15) is 0 Å². The molecule has 0 aromatic carbocycles. The molecule has 5 heteroatoms. The second-order valence-corrected chi connectivity index (χ2v) is 2.85. The van der Waals surface area contributed by atoms with Gasteiger partial charge in [-0.25, -0.2) is 4.79 Å². The number of carbonyl (C=O) groups is 2. The normalized spacial score (nSPS) is 15.6. The Hall–Kier alpha value is -1.26. The molecule has 5 nitrogen and oxygen atoms in total. The summed E-state index contributed by atoms with van der Waals surface area (Å²) < 4.78 is 0. The maximum atomic E-state index is 10.3. The molecular formula is C8H15NO4. The van der Waals surface area contributed by atoms with Crippen LogP contribution in [0.1, 0.15) is 26.2 Å². The number of piperidine rings is 1. The highest BCUT2D eigenvalue weighted by Crippen LogP contribution is 2.07. The average molecular weight is 189 g/mol. The number of likely N-dealkylation sites (tertiary alicyclic amines) is 1. The van der Waals surface area contributed by atoms with Crippen molar-refractivity contribution in [1.82, 2.24) is 4.90 Å². The lowest BCUT2D eigenvalue weighted by molar-refractivity contribution is -0.134. The van der Waals surface area contributed by atoms with E-state index in [2.05, 4.69) is 0 Å². The minimum atomic E-state index is -0.833. The van der Waals surface area contributed by atoms with Gasteiger partial charge in [0.15, 0.2) is 0 Å². The van der Waals surface area contributed by atoms with E-state index in [0.717, 1.165) is 32.9 Å². The van der Waals surface area contributed by atoms with Crippen LogP contribution in [0.3, 0.4) is 0 Å². The summed E-state index contributed by atoms with van der Waals surface area (Å²) in [6.07, 6.45) is 2.48. The highest BCUT2D eigenvalue weighted by atomic mass is 16.4. The zero-order chi connectivity index (χ0) is 10.3. The molecule has 2 N–H and O–H groups in total. The Balaban J connectivity index is 0.000000310. The van der Waals surface area contributed by atoms with Crippen molar-refractivity contribution in [3.05, 3.63) is 0 Å². The number of carboxylic acid groups (broad SMARTS) is 2. The fourth-order valence-corrected chi connectivity index (χ4v) is 1.09. The summed E-state index contributed by atoms with van der Waals surface area (Å²) in [5.41, 5.74) is 0. The maximum Gasteiger partial charge on any atom is 0.407 e. The highest BCUT2D eigenvalue weighted by molar-refractivity contribution is 5.64. The SMILES string of the molecule is CC(=O)O.O=C(O)N1CCCCC1. The van der Waals surface area contributed by atoms with Gasteiger partial charge in [-0.1, -0.05) is 0 Å². The van der Waals surface area contributed by atoms with E-state index in [1.165, 1.54) is 11.3 Å². The van der Waals surface area contributed by atoms with Gasteiger partial charge in [0.2, 0.25) is 0 Å². The quantitative estimate of drug-likeness (QED) is 0.601. The predicted octanol–water partition coefficient (Wildman–Crippen LogP) is 1.24. The summed E-state index contributed by atoms with van der Waals surface area (Å²) >= 11 is 0. The molecular weight excluding hydrogens is 174 g/mol. The molecule has 0 spiro atoms. The Morgan fingerprint density at radius 1 is 1.08 bits per heavy atom. The fraction of sp³-hybridized carbons (Fsp3) is 0.750. The molecule has 1 saturated heterocycles. The fourth-order valence-electron chi connectivity index (χ4n) is 1.09. The summed E-state index contributed by atoms with van der Waals surface area (Å²) in [5.74, 6) is -0.833. The Morgan fingerprint density at radius 2 is 1.46 bits per heavy atom. The second-order valence-electron chi connectivity index (χ2n) is 2.85. The molecule has 1 fully saturated rings. The van der Waals surface area contributed by atoms with Crippen LogP contribution in [-0.4, -0.2) is 40.3 Å². The first-order valence-electron chi connectivity index (χ1n) is 4.21. The van der Waals surface area contributed by atoms with Crippen LogP contribution in [0, 0.1) is 0 Å². The van der Waals surface area contributed by atoms with E-state index >= 15 is 0 Å². The topological polar surface area (TPSA) is 77.8 Å². The van der Waals surface area contributed by atoms with Gasteiger partial charge >= 0.3 is 6.09 Å². The molecule has 13 heavy (non-hydrogen) atoms. The van der Waals surface area contributed by atoms with Crippen LogP contribution in [-0.2, 0) is 4.79 Å². The summed E-state index contributed by atoms with van der Waals surface area (Å²) in [4.78, 5) is 20.8. The molecule has 1 heterocycles. The maximum absolute atomic E-state index is 10.3. The predicted molar refractivity (Wildman–Crippen MR) is 46.8 cm³/mol. The van der Waals surface area contributed by atoms with E-state index in [1.54, 1.807) is 0 Å². The zero-order valence-electron chi connectivity index (χ0n) is 7.69. The summed E-state index contributed by atoms with van der Waals surface area (Å²) in [7, 11) is 0. The smallest absolute Gasteiger partial charge is 0.407 e. The number of hydrogen-bond donors (Lipinski definition) is 2. The van der Waals surface area contributed by atoms with Crippen molar-refractivity contribution in [3.8, 4) is 0 Å². The molecule has 0 unspecified atom stereocenters. The third-order valence-corrected chi connectivity index (χ3v) is 1.63. The number of amides is 1. The van der Waals surface area contributed by atoms with Crippen LogP contribution in [0.15, 0.2) is 0 Å². The molecule has 0 radical (unpaired) electrons. The molecule has 76 valence electrons. The summed E-state index contributed by atoms with van der Waals surface area (Å²) in [6.45, 7) is 2.55. The molecule has 1 aliphatic heterocycles. The Morgan fingerprint density at radius 3 is 1.69 bits per heavy atom. The first-order valence-corrected chi connectivity index (χ1v) is 4.21. The van der Waals surface area contributed by atoms with Crippen LogP contribution < -0.4 is 0 Å². The number of carboxylic acids is 1. The second kappa shape index (κ2) is 6.28. The van der Waals surface area contributed by atoms with Crippen molar-refractivity contribution in [2.45, 2.75) is 26.2 Å². The Kier molecular flexibility index (Phi) is 5.67. The minimum Gasteiger partial charge on any atom is -0.481 e. The lowest BCUT2D eigenvalue weighted by Gasteiger charge is -2.22. The number of rotatable bonds is 0. The van der Waals surface area contributed by atoms with Crippen molar-refractivity contribution < 1.29 is 19.8 Å². The van der Waals surface area contributed by atoms with Crippen LogP contribution in [0.25, 0.3) is 0 Å². The largest absolute Gasteiger partial charge is 0.481 e. The van der Waals surface area contributed by atoms with E-state index < -0.39 is 12.1 Å². The Labute approximate surface area is 77.0 Å². The van der Waals surface area contributed by atoms with E-state index in [9.17, 15) is 4.79 Å². The number of hydrogen-bond acceptors (Lipinski definition) is 2. The molecule has 1 rings (SSSR count). The zero-order valence-corrected chi connectivity index (χ0v) is 7.69. The van der Waals surface area contributed by atoms with E-state index in [4.69, 9.17) is 15.0 Å². The van der Waals surface area contributed by atoms with Gasteiger partial charge in [-0.3, -0.25) is 4.79 Å². The van der Waals surface area contributed by atoms with Gasteiger partial charge in [0.25, 0.3) is 5.97 Å². The Bertz CT molecular complexity index is 171. The molecule has 0 atom stereocenters. The molecule has 0 aromatic heterocycles. The molecule has 1 amide bonds. The van der Waals surface area contributed by atoms with Gasteiger partial charge in [0.05, 0.1) is 0 Å². The van der Waals surface area contributed by atoms with Crippen molar-refractivity contribution in [3.63, 3.8) is 0 Å². The first kappa shape index (κ1) is 11.7. The van der Waals surface area contributed by atoms with E-state index in [1.807, 2.05) is 0 Å². The van der Waals surface area contributed by atoms with Crippen LogP contribution >= 0.6 is 0 Å². The monoisotopic (exact) mass is 189 g/mol. The standard InChI is InChI=1S/C6H11NO2.C2H4O2/c8-6(9)7-4-2-1-3-5-7;1-2(3)4/h1-5H2,(H,8,9);1H3,(H,3,4). The van der Waals surface area contributed by atoms with Gasteiger partial charge in [-0.15, -0.1) is 0 Å². The van der Waals surface area contributed by atoms with Crippen molar-refractivity contribution in [1.29, 1.82) is 0 Å². The van der Waals surface area contributed by atoms with Crippen molar-refractivity contribution >= 4 is 12.1 Å². The van der Waals surface area contributed by atoms with Crippen molar-refractivity contribution in [2.75, 3.05) is 13.1 Å². The third-order valence-electron chi connectivity index (χ3n) is 1.63. The van der Waals surface area contributed by atoms with Crippen LogP contribution in [0.4, 0.5) is 4.79 Å².